The Balaban J connectivity index is 1.17. The van der Waals surface area contributed by atoms with Crippen molar-refractivity contribution >= 4 is 21.8 Å². The van der Waals surface area contributed by atoms with Gasteiger partial charge in [0.25, 0.3) is 10.0 Å². The zero-order valence-electron chi connectivity index (χ0n) is 17.4. The fourth-order valence-electron chi connectivity index (χ4n) is 4.18. The molecule has 3 heterocycles. The number of amides is 1. The maximum atomic E-state index is 12.7. The van der Waals surface area contributed by atoms with Crippen LogP contribution in [0.4, 0.5) is 0 Å². The number of benzene rings is 2. The summed E-state index contributed by atoms with van der Waals surface area (Å²) in [7, 11) is -3.63. The van der Waals surface area contributed by atoms with Gasteiger partial charge in [0.1, 0.15) is 4.90 Å². The molecule has 3 aromatic rings. The number of para-hydroxylation sites is 1. The van der Waals surface area contributed by atoms with E-state index in [-0.39, 0.29) is 16.7 Å². The normalized spacial score (nSPS) is 17.6. The molecule has 164 valence electrons. The van der Waals surface area contributed by atoms with Crippen LogP contribution in [0.15, 0.2) is 76.3 Å². The molecule has 9 heteroatoms. The van der Waals surface area contributed by atoms with Crippen molar-refractivity contribution in [3.63, 3.8) is 0 Å². The van der Waals surface area contributed by atoms with Crippen molar-refractivity contribution in [1.29, 1.82) is 0 Å². The van der Waals surface area contributed by atoms with Gasteiger partial charge in [0.2, 0.25) is 5.91 Å². The fourth-order valence-corrected chi connectivity index (χ4v) is 5.40. The molecule has 2 aliphatic rings. The third-order valence-electron chi connectivity index (χ3n) is 5.90. The molecule has 0 saturated carbocycles. The maximum absolute atomic E-state index is 12.7. The Kier molecular flexibility index (Phi) is 5.26. The SMILES string of the molecule is O=C(NCc1cnn(-c2ccccc2)c1)C1CCN(C2=NS(=O)(=O)c3ccccc32)CC1. The number of nitrogens with one attached hydrogen (secondary N) is 1. The Morgan fingerprint density at radius 1 is 1.03 bits per heavy atom. The van der Waals surface area contributed by atoms with Gasteiger partial charge in [0.15, 0.2) is 5.84 Å². The molecule has 8 nitrogen and oxygen atoms in total. The molecule has 0 atom stereocenters. The Morgan fingerprint density at radius 3 is 2.53 bits per heavy atom. The molecule has 0 radical (unpaired) electrons. The average Bonchev–Trinajstić information content (AvgIpc) is 3.41. The predicted octanol–water partition coefficient (Wildman–Crippen LogP) is 2.35. The van der Waals surface area contributed by atoms with Gasteiger partial charge in [-0.3, -0.25) is 4.79 Å². The largest absolute Gasteiger partial charge is 0.355 e. The van der Waals surface area contributed by atoms with E-state index in [4.69, 9.17) is 0 Å². The lowest BCUT2D eigenvalue weighted by Gasteiger charge is -2.32. The van der Waals surface area contributed by atoms with E-state index < -0.39 is 10.0 Å². The number of hydrogen-bond donors (Lipinski definition) is 1. The highest BCUT2D eigenvalue weighted by molar-refractivity contribution is 7.90. The van der Waals surface area contributed by atoms with Crippen molar-refractivity contribution in [3.05, 3.63) is 78.1 Å². The second kappa shape index (κ2) is 8.23. The molecule has 0 aliphatic carbocycles. The zero-order valence-corrected chi connectivity index (χ0v) is 18.2. The molecule has 1 N–H and O–H groups in total. The lowest BCUT2D eigenvalue weighted by atomic mass is 9.95. The van der Waals surface area contributed by atoms with Crippen molar-refractivity contribution in [3.8, 4) is 5.69 Å². The van der Waals surface area contributed by atoms with E-state index in [1.807, 2.05) is 47.5 Å². The first-order valence-electron chi connectivity index (χ1n) is 10.6. The summed E-state index contributed by atoms with van der Waals surface area (Å²) in [5.74, 6) is 0.399. The first-order valence-corrected chi connectivity index (χ1v) is 12.0. The van der Waals surface area contributed by atoms with Crippen LogP contribution in [0.5, 0.6) is 0 Å². The topological polar surface area (TPSA) is 96.7 Å². The van der Waals surface area contributed by atoms with Crippen LogP contribution < -0.4 is 5.32 Å². The van der Waals surface area contributed by atoms with Gasteiger partial charge in [-0.1, -0.05) is 30.3 Å². The smallest absolute Gasteiger partial charge is 0.285 e. The van der Waals surface area contributed by atoms with E-state index in [1.54, 1.807) is 29.1 Å². The summed E-state index contributed by atoms with van der Waals surface area (Å²) in [5, 5.41) is 7.37. The number of fused-ring (bicyclic) bond motifs is 1. The summed E-state index contributed by atoms with van der Waals surface area (Å²) in [6, 6.07) is 16.7. The number of nitrogens with zero attached hydrogens (tertiary/aromatic N) is 4. The number of aromatic nitrogens is 2. The summed E-state index contributed by atoms with van der Waals surface area (Å²) in [4.78, 5) is 14.9. The molecule has 32 heavy (non-hydrogen) atoms. The molecule has 2 aromatic carbocycles. The van der Waals surface area contributed by atoms with E-state index in [0.29, 0.717) is 43.9 Å². The predicted molar refractivity (Wildman–Crippen MR) is 120 cm³/mol. The van der Waals surface area contributed by atoms with E-state index in [9.17, 15) is 13.2 Å². The first kappa shape index (κ1) is 20.4. The van der Waals surface area contributed by atoms with E-state index >= 15 is 0 Å². The number of likely N-dealkylation sites (tertiary alicyclic amines) is 1. The molecule has 1 saturated heterocycles. The number of carbonyl (C=O) groups is 1. The summed E-state index contributed by atoms with van der Waals surface area (Å²) in [5.41, 5.74) is 2.54. The molecule has 0 spiro atoms. The second-order valence-corrected chi connectivity index (χ2v) is 9.57. The Morgan fingerprint density at radius 2 is 1.75 bits per heavy atom. The van der Waals surface area contributed by atoms with Gasteiger partial charge in [-0.2, -0.15) is 13.5 Å². The average molecular weight is 450 g/mol. The van der Waals surface area contributed by atoms with Crippen LogP contribution in [0.25, 0.3) is 5.69 Å². The monoisotopic (exact) mass is 449 g/mol. The van der Waals surface area contributed by atoms with Gasteiger partial charge >= 0.3 is 0 Å². The number of piperidine rings is 1. The molecular formula is C23H23N5O3S. The molecule has 5 rings (SSSR count). The van der Waals surface area contributed by atoms with Crippen molar-refractivity contribution in [2.45, 2.75) is 24.3 Å². The van der Waals surface area contributed by atoms with Crippen LogP contribution in [0.2, 0.25) is 0 Å². The molecular weight excluding hydrogens is 426 g/mol. The summed E-state index contributed by atoms with van der Waals surface area (Å²) in [6.45, 7) is 1.60. The van der Waals surface area contributed by atoms with Gasteiger partial charge in [-0.15, -0.1) is 4.40 Å². The van der Waals surface area contributed by atoms with Gasteiger partial charge in [0, 0.05) is 42.9 Å². The van der Waals surface area contributed by atoms with Gasteiger partial charge < -0.3 is 10.2 Å². The van der Waals surface area contributed by atoms with Crippen molar-refractivity contribution in [2.75, 3.05) is 13.1 Å². The maximum Gasteiger partial charge on any atom is 0.285 e. The summed E-state index contributed by atoms with van der Waals surface area (Å²) < 4.78 is 30.4. The number of carbonyl (C=O) groups excluding carboxylic acids is 1. The number of sulfonamides is 1. The molecule has 1 fully saturated rings. The van der Waals surface area contributed by atoms with E-state index in [1.165, 1.54) is 0 Å². The minimum atomic E-state index is -3.63. The minimum absolute atomic E-state index is 0.0125. The summed E-state index contributed by atoms with van der Waals surface area (Å²) in [6.07, 6.45) is 4.97. The van der Waals surface area contributed by atoms with Gasteiger partial charge in [-0.25, -0.2) is 4.68 Å². The lowest BCUT2D eigenvalue weighted by Crippen LogP contribution is -2.42. The molecule has 0 unspecified atom stereocenters. The van der Waals surface area contributed by atoms with Crippen LogP contribution in [0.1, 0.15) is 24.0 Å². The van der Waals surface area contributed by atoms with Crippen LogP contribution >= 0.6 is 0 Å². The van der Waals surface area contributed by atoms with E-state index in [0.717, 1.165) is 11.3 Å². The van der Waals surface area contributed by atoms with Crippen molar-refractivity contribution in [2.24, 2.45) is 10.3 Å². The molecule has 2 aliphatic heterocycles. The minimum Gasteiger partial charge on any atom is -0.355 e. The van der Waals surface area contributed by atoms with Crippen molar-refractivity contribution < 1.29 is 13.2 Å². The van der Waals surface area contributed by atoms with Gasteiger partial charge in [0.05, 0.1) is 11.9 Å². The van der Waals surface area contributed by atoms with Crippen LogP contribution in [0, 0.1) is 5.92 Å². The number of hydrogen-bond acceptors (Lipinski definition) is 5. The standard InChI is InChI=1S/C23H23N5O3S/c29-23(24-14-17-15-25-28(16-17)19-6-2-1-3-7-19)18-10-12-27(13-11-18)22-20-8-4-5-9-21(20)32(30,31)26-22/h1-9,15-16,18H,10-14H2,(H,24,29). The third-order valence-corrected chi connectivity index (χ3v) is 7.23. The molecule has 1 aromatic heterocycles. The van der Waals surface area contributed by atoms with Gasteiger partial charge in [-0.05, 0) is 37.1 Å². The first-order chi connectivity index (χ1) is 15.5. The highest BCUT2D eigenvalue weighted by atomic mass is 32.2. The molecule has 1 amide bonds. The number of amidine groups is 1. The Hall–Kier alpha value is -3.46. The van der Waals surface area contributed by atoms with Crippen LogP contribution in [0.3, 0.4) is 0 Å². The second-order valence-electron chi connectivity index (χ2n) is 7.99. The lowest BCUT2D eigenvalue weighted by molar-refractivity contribution is -0.126. The number of rotatable bonds is 4. The van der Waals surface area contributed by atoms with Crippen LogP contribution in [-0.2, 0) is 21.4 Å². The Bertz CT molecular complexity index is 1280. The van der Waals surface area contributed by atoms with E-state index in [2.05, 4.69) is 14.8 Å². The Labute approximate surface area is 186 Å². The highest BCUT2D eigenvalue weighted by Crippen LogP contribution is 2.29. The quantitative estimate of drug-likeness (QED) is 0.660. The van der Waals surface area contributed by atoms with Crippen LogP contribution in [-0.4, -0.2) is 47.9 Å². The fraction of sp³-hybridized carbons (Fsp3) is 0.261. The molecule has 0 bridgehead atoms. The summed E-state index contributed by atoms with van der Waals surface area (Å²) >= 11 is 0. The highest BCUT2D eigenvalue weighted by Gasteiger charge is 2.34. The van der Waals surface area contributed by atoms with Crippen molar-refractivity contribution in [1.82, 2.24) is 20.0 Å². The zero-order chi connectivity index (χ0) is 22.1. The third kappa shape index (κ3) is 3.91.